The monoisotopic (exact) mass is 255 g/mol. The Morgan fingerprint density at radius 1 is 0.944 bits per heavy atom. The van der Waals surface area contributed by atoms with Crippen molar-refractivity contribution in [3.8, 4) is 0 Å². The zero-order valence-electron chi connectivity index (χ0n) is 12.9. The summed E-state index contributed by atoms with van der Waals surface area (Å²) in [7, 11) is 0. The molecule has 0 aromatic rings. The largest absolute Gasteiger partial charge is 0.370 e. The average Bonchev–Trinajstić information content (AvgIpc) is 2.24. The molecule has 0 rings (SSSR count). The van der Waals surface area contributed by atoms with E-state index < -0.39 is 0 Å². The lowest BCUT2D eigenvalue weighted by molar-refractivity contribution is 0.507. The maximum atomic E-state index is 5.79. The second kappa shape index (κ2) is 10.2. The third-order valence-corrected chi connectivity index (χ3v) is 2.80. The minimum absolute atomic E-state index is 0.00681. The van der Waals surface area contributed by atoms with Crippen LogP contribution in [0.5, 0.6) is 0 Å². The molecule has 3 N–H and O–H groups in total. The lowest BCUT2D eigenvalue weighted by Crippen LogP contribution is -2.45. The van der Waals surface area contributed by atoms with E-state index in [1.54, 1.807) is 0 Å². The first-order chi connectivity index (χ1) is 8.45. The molecule has 3 nitrogen and oxygen atoms in total. The standard InChI is InChI=1S/C15H33N3/c1-5-6-7-8-9-10-11-12-13-17-14(16)18-15(2,3)4/h5-13H2,1-4H3,(H3,16,17,18). The van der Waals surface area contributed by atoms with Crippen LogP contribution in [0.25, 0.3) is 0 Å². The molecular weight excluding hydrogens is 222 g/mol. The van der Waals surface area contributed by atoms with Crippen molar-refractivity contribution in [1.29, 1.82) is 0 Å². The Balaban J connectivity index is 3.36. The molecule has 0 amide bonds. The van der Waals surface area contributed by atoms with Crippen molar-refractivity contribution in [3.63, 3.8) is 0 Å². The molecule has 18 heavy (non-hydrogen) atoms. The first-order valence-corrected chi connectivity index (χ1v) is 7.54. The minimum atomic E-state index is 0.00681. The molecule has 0 radical (unpaired) electrons. The zero-order valence-corrected chi connectivity index (χ0v) is 12.9. The van der Waals surface area contributed by atoms with Crippen LogP contribution in [0.15, 0.2) is 4.99 Å². The van der Waals surface area contributed by atoms with E-state index in [4.69, 9.17) is 5.73 Å². The fourth-order valence-corrected chi connectivity index (χ4v) is 1.87. The number of guanidine groups is 1. The van der Waals surface area contributed by atoms with Gasteiger partial charge in [-0.1, -0.05) is 51.9 Å². The van der Waals surface area contributed by atoms with Crippen molar-refractivity contribution in [2.45, 2.75) is 84.6 Å². The highest BCUT2D eigenvalue weighted by Crippen LogP contribution is 2.08. The highest BCUT2D eigenvalue weighted by atomic mass is 15.1. The highest BCUT2D eigenvalue weighted by molar-refractivity contribution is 5.78. The molecule has 0 spiro atoms. The van der Waals surface area contributed by atoms with Gasteiger partial charge in [0, 0.05) is 12.1 Å². The molecule has 0 aromatic heterocycles. The molecule has 108 valence electrons. The van der Waals surface area contributed by atoms with Gasteiger partial charge in [-0.3, -0.25) is 4.99 Å². The summed E-state index contributed by atoms with van der Waals surface area (Å²) in [6, 6.07) is 0. The van der Waals surface area contributed by atoms with Crippen LogP contribution < -0.4 is 11.1 Å². The molecule has 0 saturated carbocycles. The molecule has 0 heterocycles. The van der Waals surface area contributed by atoms with E-state index in [-0.39, 0.29) is 5.54 Å². The summed E-state index contributed by atoms with van der Waals surface area (Å²) >= 11 is 0. The summed E-state index contributed by atoms with van der Waals surface area (Å²) < 4.78 is 0. The van der Waals surface area contributed by atoms with Crippen molar-refractivity contribution in [2.24, 2.45) is 10.7 Å². The third-order valence-electron chi connectivity index (χ3n) is 2.80. The fourth-order valence-electron chi connectivity index (χ4n) is 1.87. The number of rotatable bonds is 9. The van der Waals surface area contributed by atoms with E-state index in [0.29, 0.717) is 5.96 Å². The van der Waals surface area contributed by atoms with Crippen LogP contribution in [-0.4, -0.2) is 18.0 Å². The van der Waals surface area contributed by atoms with E-state index in [1.807, 2.05) is 0 Å². The van der Waals surface area contributed by atoms with Crippen LogP contribution in [0, 0.1) is 0 Å². The van der Waals surface area contributed by atoms with Gasteiger partial charge in [-0.15, -0.1) is 0 Å². The summed E-state index contributed by atoms with van der Waals surface area (Å²) in [5.74, 6) is 0.574. The van der Waals surface area contributed by atoms with Crippen LogP contribution in [-0.2, 0) is 0 Å². The normalized spacial score (nSPS) is 12.8. The topological polar surface area (TPSA) is 50.4 Å². The predicted octanol–water partition coefficient (Wildman–Crippen LogP) is 3.83. The lowest BCUT2D eigenvalue weighted by atomic mass is 10.1. The lowest BCUT2D eigenvalue weighted by Gasteiger charge is -2.20. The summed E-state index contributed by atoms with van der Waals surface area (Å²) in [5, 5.41) is 3.17. The van der Waals surface area contributed by atoms with Crippen LogP contribution in [0.4, 0.5) is 0 Å². The van der Waals surface area contributed by atoms with Gasteiger partial charge in [0.1, 0.15) is 0 Å². The van der Waals surface area contributed by atoms with Gasteiger partial charge in [0.2, 0.25) is 0 Å². The zero-order chi connectivity index (χ0) is 13.9. The van der Waals surface area contributed by atoms with E-state index in [1.165, 1.54) is 44.9 Å². The minimum Gasteiger partial charge on any atom is -0.370 e. The molecule has 0 saturated heterocycles. The predicted molar refractivity (Wildman–Crippen MR) is 82.0 cm³/mol. The number of hydrogen-bond acceptors (Lipinski definition) is 1. The third kappa shape index (κ3) is 13.3. The molecule has 0 aliphatic rings. The van der Waals surface area contributed by atoms with Gasteiger partial charge in [-0.05, 0) is 27.2 Å². The smallest absolute Gasteiger partial charge is 0.188 e. The van der Waals surface area contributed by atoms with Crippen molar-refractivity contribution < 1.29 is 0 Å². The van der Waals surface area contributed by atoms with E-state index in [0.717, 1.165) is 13.0 Å². The summed E-state index contributed by atoms with van der Waals surface area (Å²) in [5.41, 5.74) is 5.80. The molecule has 0 bridgehead atoms. The molecule has 0 fully saturated rings. The van der Waals surface area contributed by atoms with Gasteiger partial charge < -0.3 is 11.1 Å². The van der Waals surface area contributed by atoms with Gasteiger partial charge in [0.05, 0.1) is 0 Å². The Morgan fingerprint density at radius 3 is 1.94 bits per heavy atom. The Morgan fingerprint density at radius 2 is 1.44 bits per heavy atom. The SMILES string of the molecule is CCCCCCCCCCN=C(N)NC(C)(C)C. The van der Waals surface area contributed by atoms with Gasteiger partial charge >= 0.3 is 0 Å². The van der Waals surface area contributed by atoms with Gasteiger partial charge in [-0.25, -0.2) is 0 Å². The van der Waals surface area contributed by atoms with Crippen LogP contribution in [0.1, 0.15) is 79.1 Å². The quantitative estimate of drug-likeness (QED) is 0.374. The summed E-state index contributed by atoms with van der Waals surface area (Å²) in [4.78, 5) is 4.34. The number of aliphatic imine (C=N–C) groups is 1. The Bertz CT molecular complexity index is 216. The first-order valence-electron chi connectivity index (χ1n) is 7.54. The molecule has 0 aliphatic carbocycles. The second-order valence-electron chi connectivity index (χ2n) is 6.12. The summed E-state index contributed by atoms with van der Waals surface area (Å²) in [6.45, 7) is 9.38. The Kier molecular flexibility index (Phi) is 9.80. The fraction of sp³-hybridized carbons (Fsp3) is 0.933. The van der Waals surface area contributed by atoms with Crippen molar-refractivity contribution in [2.75, 3.05) is 6.54 Å². The number of nitrogens with one attached hydrogen (secondary N) is 1. The molecule has 0 unspecified atom stereocenters. The maximum absolute atomic E-state index is 5.79. The molecule has 0 aliphatic heterocycles. The van der Waals surface area contributed by atoms with E-state index >= 15 is 0 Å². The molecule has 3 heteroatoms. The number of hydrogen-bond donors (Lipinski definition) is 2. The van der Waals surface area contributed by atoms with Crippen LogP contribution in [0.3, 0.4) is 0 Å². The van der Waals surface area contributed by atoms with Gasteiger partial charge in [0.15, 0.2) is 5.96 Å². The maximum Gasteiger partial charge on any atom is 0.188 e. The van der Waals surface area contributed by atoms with Gasteiger partial charge in [0.25, 0.3) is 0 Å². The van der Waals surface area contributed by atoms with Crippen molar-refractivity contribution in [1.82, 2.24) is 5.32 Å². The second-order valence-corrected chi connectivity index (χ2v) is 6.12. The van der Waals surface area contributed by atoms with Crippen molar-refractivity contribution >= 4 is 5.96 Å². The Labute approximate surface area is 114 Å². The first kappa shape index (κ1) is 17.3. The molecule has 0 atom stereocenters. The van der Waals surface area contributed by atoms with Crippen molar-refractivity contribution in [3.05, 3.63) is 0 Å². The highest BCUT2D eigenvalue weighted by Gasteiger charge is 2.09. The number of nitrogens with two attached hydrogens (primary N) is 1. The van der Waals surface area contributed by atoms with Gasteiger partial charge in [-0.2, -0.15) is 0 Å². The number of nitrogens with zero attached hydrogens (tertiary/aromatic N) is 1. The molecular formula is C15H33N3. The molecule has 0 aromatic carbocycles. The van der Waals surface area contributed by atoms with Crippen LogP contribution in [0.2, 0.25) is 0 Å². The van der Waals surface area contributed by atoms with Crippen LogP contribution >= 0.6 is 0 Å². The number of unbranched alkanes of at least 4 members (excludes halogenated alkanes) is 7. The average molecular weight is 255 g/mol. The van der Waals surface area contributed by atoms with E-state index in [2.05, 4.69) is 38.0 Å². The summed E-state index contributed by atoms with van der Waals surface area (Å²) in [6.07, 6.45) is 10.7. The Hall–Kier alpha value is -0.730. The van der Waals surface area contributed by atoms with E-state index in [9.17, 15) is 0 Å².